The van der Waals surface area contributed by atoms with Crippen LogP contribution in [0.3, 0.4) is 0 Å². The minimum Gasteiger partial charge on any atom is -0.354 e. The molecule has 0 spiro atoms. The van der Waals surface area contributed by atoms with Crippen LogP contribution in [-0.2, 0) is 21.2 Å². The van der Waals surface area contributed by atoms with E-state index in [0.717, 1.165) is 31.2 Å². The Kier molecular flexibility index (Phi) is 6.80. The summed E-state index contributed by atoms with van der Waals surface area (Å²) < 4.78 is 26.7. The van der Waals surface area contributed by atoms with Crippen molar-refractivity contribution in [2.45, 2.75) is 63.3 Å². The lowest BCUT2D eigenvalue weighted by Crippen LogP contribution is -2.35. The van der Waals surface area contributed by atoms with Crippen molar-refractivity contribution in [2.75, 3.05) is 13.1 Å². The van der Waals surface area contributed by atoms with Gasteiger partial charge in [-0.05, 0) is 50.3 Å². The van der Waals surface area contributed by atoms with Crippen LogP contribution < -0.4 is 5.32 Å². The highest BCUT2D eigenvalue weighted by Crippen LogP contribution is 2.21. The zero-order valence-corrected chi connectivity index (χ0v) is 15.4. The van der Waals surface area contributed by atoms with Gasteiger partial charge in [0.1, 0.15) is 0 Å². The zero-order valence-electron chi connectivity index (χ0n) is 14.6. The highest BCUT2D eigenvalue weighted by molar-refractivity contribution is 7.89. The largest absolute Gasteiger partial charge is 0.354 e. The van der Waals surface area contributed by atoms with Gasteiger partial charge in [0.05, 0.1) is 4.90 Å². The molecule has 1 aromatic rings. The fraction of sp³-hybridized carbons (Fsp3) is 0.611. The van der Waals surface area contributed by atoms with E-state index in [9.17, 15) is 13.2 Å². The summed E-state index contributed by atoms with van der Waals surface area (Å²) in [5, 5.41) is 2.94. The van der Waals surface area contributed by atoms with E-state index < -0.39 is 10.0 Å². The summed E-state index contributed by atoms with van der Waals surface area (Å²) in [6.45, 7) is 5.24. The van der Waals surface area contributed by atoms with Gasteiger partial charge in [0.15, 0.2) is 0 Å². The Morgan fingerprint density at radius 3 is 2.38 bits per heavy atom. The van der Waals surface area contributed by atoms with Gasteiger partial charge in [0.25, 0.3) is 0 Å². The Hall–Kier alpha value is -1.40. The fourth-order valence-electron chi connectivity index (χ4n) is 2.79. The van der Waals surface area contributed by atoms with E-state index in [2.05, 4.69) is 5.32 Å². The SMILES string of the molecule is CC[C@@H](C)NC(=O)CCc1ccc(S(=O)(=O)N2CCCCC2)cc1. The second kappa shape index (κ2) is 8.62. The van der Waals surface area contributed by atoms with Crippen LogP contribution in [0.25, 0.3) is 0 Å². The van der Waals surface area contributed by atoms with Gasteiger partial charge in [-0.25, -0.2) is 8.42 Å². The normalized spacial score (nSPS) is 17.4. The first kappa shape index (κ1) is 18.9. The molecule has 1 aliphatic rings. The van der Waals surface area contributed by atoms with Crippen molar-refractivity contribution in [1.29, 1.82) is 0 Å². The number of hydrogen-bond donors (Lipinski definition) is 1. The molecule has 0 bridgehead atoms. The smallest absolute Gasteiger partial charge is 0.243 e. The number of piperidine rings is 1. The van der Waals surface area contributed by atoms with Gasteiger partial charge in [-0.3, -0.25) is 4.79 Å². The van der Waals surface area contributed by atoms with Crippen molar-refractivity contribution in [2.24, 2.45) is 0 Å². The van der Waals surface area contributed by atoms with Crippen LogP contribution in [-0.4, -0.2) is 37.8 Å². The lowest BCUT2D eigenvalue weighted by Gasteiger charge is -2.25. The Balaban J connectivity index is 1.94. The number of rotatable bonds is 7. The second-order valence-electron chi connectivity index (χ2n) is 6.49. The summed E-state index contributed by atoms with van der Waals surface area (Å²) in [5.41, 5.74) is 0.979. The standard InChI is InChI=1S/C18H28N2O3S/c1-3-15(2)19-18(21)12-9-16-7-10-17(11-8-16)24(22,23)20-13-5-4-6-14-20/h7-8,10-11,15H,3-6,9,12-14H2,1-2H3,(H,19,21)/t15-/m1/s1. The molecule has 0 saturated carbocycles. The van der Waals surface area contributed by atoms with Crippen LogP contribution in [0.1, 0.15) is 51.5 Å². The zero-order chi connectivity index (χ0) is 17.6. The molecule has 0 aliphatic carbocycles. The molecule has 2 rings (SSSR count). The van der Waals surface area contributed by atoms with Crippen LogP contribution >= 0.6 is 0 Å². The molecule has 1 aromatic carbocycles. The fourth-order valence-corrected chi connectivity index (χ4v) is 4.31. The molecule has 1 atom stereocenters. The van der Waals surface area contributed by atoms with E-state index in [1.165, 1.54) is 0 Å². The highest BCUT2D eigenvalue weighted by Gasteiger charge is 2.25. The summed E-state index contributed by atoms with van der Waals surface area (Å²) >= 11 is 0. The summed E-state index contributed by atoms with van der Waals surface area (Å²) in [6, 6.07) is 7.13. The number of nitrogens with one attached hydrogen (secondary N) is 1. The summed E-state index contributed by atoms with van der Waals surface area (Å²) in [5.74, 6) is 0.0364. The monoisotopic (exact) mass is 352 g/mol. The first-order chi connectivity index (χ1) is 11.4. The molecular formula is C18H28N2O3S. The number of nitrogens with zero attached hydrogens (tertiary/aromatic N) is 1. The maximum atomic E-state index is 12.6. The molecular weight excluding hydrogens is 324 g/mol. The Labute approximate surface area is 145 Å². The number of carbonyl (C=O) groups excluding carboxylic acids is 1. The van der Waals surface area contributed by atoms with Crippen molar-refractivity contribution in [1.82, 2.24) is 9.62 Å². The van der Waals surface area contributed by atoms with E-state index in [4.69, 9.17) is 0 Å². The number of benzene rings is 1. The lowest BCUT2D eigenvalue weighted by atomic mass is 10.1. The number of amides is 1. The number of hydrogen-bond acceptors (Lipinski definition) is 3. The molecule has 1 amide bonds. The van der Waals surface area contributed by atoms with Crippen molar-refractivity contribution in [3.8, 4) is 0 Å². The van der Waals surface area contributed by atoms with Crippen molar-refractivity contribution < 1.29 is 13.2 Å². The Morgan fingerprint density at radius 2 is 1.79 bits per heavy atom. The van der Waals surface area contributed by atoms with E-state index in [1.807, 2.05) is 26.0 Å². The van der Waals surface area contributed by atoms with Gasteiger partial charge in [-0.1, -0.05) is 25.5 Å². The molecule has 24 heavy (non-hydrogen) atoms. The maximum Gasteiger partial charge on any atom is 0.243 e. The molecule has 0 radical (unpaired) electrons. The third-order valence-electron chi connectivity index (χ3n) is 4.54. The quantitative estimate of drug-likeness (QED) is 0.820. The highest BCUT2D eigenvalue weighted by atomic mass is 32.2. The summed E-state index contributed by atoms with van der Waals surface area (Å²) in [7, 11) is -3.38. The van der Waals surface area contributed by atoms with Gasteiger partial charge in [0, 0.05) is 25.6 Å². The minimum absolute atomic E-state index is 0.0364. The Bertz CT molecular complexity index is 635. The molecule has 1 aliphatic heterocycles. The minimum atomic E-state index is -3.38. The molecule has 5 nitrogen and oxygen atoms in total. The van der Waals surface area contributed by atoms with Crippen LogP contribution in [0.2, 0.25) is 0 Å². The van der Waals surface area contributed by atoms with E-state index in [1.54, 1.807) is 16.4 Å². The predicted molar refractivity (Wildman–Crippen MR) is 95.3 cm³/mol. The first-order valence-corrected chi connectivity index (χ1v) is 10.3. The number of carbonyl (C=O) groups is 1. The van der Waals surface area contributed by atoms with Crippen molar-refractivity contribution in [3.63, 3.8) is 0 Å². The van der Waals surface area contributed by atoms with Crippen LogP contribution in [0.5, 0.6) is 0 Å². The van der Waals surface area contributed by atoms with Crippen LogP contribution in [0.15, 0.2) is 29.2 Å². The van der Waals surface area contributed by atoms with Gasteiger partial charge in [0.2, 0.25) is 15.9 Å². The van der Waals surface area contributed by atoms with Crippen molar-refractivity contribution >= 4 is 15.9 Å². The molecule has 1 heterocycles. The number of sulfonamides is 1. The molecule has 1 N–H and O–H groups in total. The summed E-state index contributed by atoms with van der Waals surface area (Å²) in [6.07, 6.45) is 4.92. The van der Waals surface area contributed by atoms with Gasteiger partial charge in [-0.15, -0.1) is 0 Å². The van der Waals surface area contributed by atoms with Gasteiger partial charge >= 0.3 is 0 Å². The second-order valence-corrected chi connectivity index (χ2v) is 8.42. The van der Waals surface area contributed by atoms with Gasteiger partial charge in [-0.2, -0.15) is 4.31 Å². The third kappa shape index (κ3) is 5.05. The average molecular weight is 353 g/mol. The molecule has 134 valence electrons. The Morgan fingerprint density at radius 1 is 1.17 bits per heavy atom. The number of aryl methyl sites for hydroxylation is 1. The molecule has 1 saturated heterocycles. The maximum absolute atomic E-state index is 12.6. The van der Waals surface area contributed by atoms with Gasteiger partial charge < -0.3 is 5.32 Å². The average Bonchev–Trinajstić information content (AvgIpc) is 2.61. The van der Waals surface area contributed by atoms with Crippen LogP contribution in [0.4, 0.5) is 0 Å². The molecule has 0 unspecified atom stereocenters. The van der Waals surface area contributed by atoms with Crippen LogP contribution in [0, 0.1) is 0 Å². The predicted octanol–water partition coefficient (Wildman–Crippen LogP) is 2.71. The molecule has 1 fully saturated rings. The van der Waals surface area contributed by atoms with E-state index in [0.29, 0.717) is 30.8 Å². The van der Waals surface area contributed by atoms with E-state index in [-0.39, 0.29) is 11.9 Å². The topological polar surface area (TPSA) is 66.5 Å². The first-order valence-electron chi connectivity index (χ1n) is 8.82. The summed E-state index contributed by atoms with van der Waals surface area (Å²) in [4.78, 5) is 12.1. The lowest BCUT2D eigenvalue weighted by molar-refractivity contribution is -0.121. The third-order valence-corrected chi connectivity index (χ3v) is 6.45. The van der Waals surface area contributed by atoms with E-state index >= 15 is 0 Å². The van der Waals surface area contributed by atoms with Crippen molar-refractivity contribution in [3.05, 3.63) is 29.8 Å². The molecule has 6 heteroatoms. The molecule has 0 aromatic heterocycles.